The van der Waals surface area contributed by atoms with Gasteiger partial charge < -0.3 is 15.5 Å². The van der Waals surface area contributed by atoms with Crippen molar-refractivity contribution >= 4 is 34.9 Å². The highest BCUT2D eigenvalue weighted by Crippen LogP contribution is 2.36. The maximum absolute atomic E-state index is 14.2. The number of hydrogen-bond donors (Lipinski definition) is 2. The molecule has 8 heteroatoms. The van der Waals surface area contributed by atoms with Gasteiger partial charge in [0.1, 0.15) is 6.54 Å². The molecule has 0 aromatic heterocycles. The number of benzene rings is 2. The summed E-state index contributed by atoms with van der Waals surface area (Å²) < 4.78 is 0. The van der Waals surface area contributed by atoms with Crippen LogP contribution in [-0.2, 0) is 9.59 Å². The molecule has 3 aliphatic heterocycles. The maximum Gasteiger partial charge on any atom is 0.321 e. The van der Waals surface area contributed by atoms with Gasteiger partial charge in [-0.1, -0.05) is 49.6 Å². The summed E-state index contributed by atoms with van der Waals surface area (Å²) in [6.07, 6.45) is 9.03. The van der Waals surface area contributed by atoms with Crippen LogP contribution in [0.1, 0.15) is 68.9 Å². The van der Waals surface area contributed by atoms with Crippen molar-refractivity contribution in [1.29, 1.82) is 0 Å². The molecule has 5 aliphatic rings. The predicted molar refractivity (Wildman–Crippen MR) is 161 cm³/mol. The zero-order valence-electron chi connectivity index (χ0n) is 24.0. The van der Waals surface area contributed by atoms with Crippen LogP contribution in [0.3, 0.4) is 0 Å². The molecule has 4 fully saturated rings. The van der Waals surface area contributed by atoms with Crippen LogP contribution < -0.4 is 15.5 Å². The van der Waals surface area contributed by atoms with Gasteiger partial charge >= 0.3 is 6.03 Å². The fourth-order valence-corrected chi connectivity index (χ4v) is 7.16. The van der Waals surface area contributed by atoms with Crippen molar-refractivity contribution in [1.82, 2.24) is 10.2 Å². The number of nitrogens with zero attached hydrogens (tertiary/aromatic N) is 3. The first-order valence-electron chi connectivity index (χ1n) is 15.3. The van der Waals surface area contributed by atoms with Crippen LogP contribution in [0, 0.1) is 24.7 Å². The van der Waals surface area contributed by atoms with Crippen LogP contribution in [0.15, 0.2) is 53.5 Å². The van der Waals surface area contributed by atoms with Crippen molar-refractivity contribution < 1.29 is 14.4 Å². The Morgan fingerprint density at radius 1 is 0.902 bits per heavy atom. The zero-order valence-corrected chi connectivity index (χ0v) is 24.0. The lowest BCUT2D eigenvalue weighted by Gasteiger charge is -2.29. The Balaban J connectivity index is 1.30. The number of nitrogens with one attached hydrogen (secondary N) is 2. The topological polar surface area (TPSA) is 94.1 Å². The van der Waals surface area contributed by atoms with E-state index >= 15 is 0 Å². The van der Waals surface area contributed by atoms with Crippen molar-refractivity contribution in [3.8, 4) is 0 Å². The lowest BCUT2D eigenvalue weighted by molar-refractivity contribution is -0.132. The molecule has 216 valence electrons. The van der Waals surface area contributed by atoms with E-state index in [0.29, 0.717) is 23.2 Å². The van der Waals surface area contributed by atoms with E-state index < -0.39 is 12.2 Å². The van der Waals surface area contributed by atoms with E-state index in [1.54, 1.807) is 4.90 Å². The van der Waals surface area contributed by atoms with E-state index in [-0.39, 0.29) is 24.3 Å². The summed E-state index contributed by atoms with van der Waals surface area (Å²) in [5, 5.41) is 5.70. The van der Waals surface area contributed by atoms with Gasteiger partial charge in [0, 0.05) is 30.3 Å². The molecule has 7 rings (SSSR count). The van der Waals surface area contributed by atoms with Gasteiger partial charge in [0.15, 0.2) is 0 Å². The minimum Gasteiger partial charge on any atom is -0.341 e. The molecule has 1 atom stereocenters. The molecule has 41 heavy (non-hydrogen) atoms. The van der Waals surface area contributed by atoms with Gasteiger partial charge in [-0.25, -0.2) is 4.79 Å². The van der Waals surface area contributed by atoms with Gasteiger partial charge in [0.05, 0.1) is 11.4 Å². The molecule has 0 spiro atoms. The average Bonchev–Trinajstić information content (AvgIpc) is 3.37. The molecule has 2 aromatic carbocycles. The second kappa shape index (κ2) is 12.0. The molecule has 0 unspecified atom stereocenters. The van der Waals surface area contributed by atoms with Crippen LogP contribution in [0.2, 0.25) is 0 Å². The summed E-state index contributed by atoms with van der Waals surface area (Å²) >= 11 is 0. The number of urea groups is 1. The molecule has 2 saturated heterocycles. The number of carbonyl (C=O) groups excluding carboxylic acids is 3. The Morgan fingerprint density at radius 3 is 2.32 bits per heavy atom. The van der Waals surface area contributed by atoms with E-state index in [0.717, 1.165) is 55.6 Å². The van der Waals surface area contributed by atoms with E-state index in [1.807, 2.05) is 60.4 Å². The summed E-state index contributed by atoms with van der Waals surface area (Å²) in [5.74, 6) is 0.889. The fraction of sp³-hybridized carbons (Fsp3) is 0.515. The van der Waals surface area contributed by atoms with Crippen LogP contribution in [0.4, 0.5) is 16.2 Å². The first-order chi connectivity index (χ1) is 19.9. The minimum atomic E-state index is -1.13. The summed E-state index contributed by atoms with van der Waals surface area (Å²) in [6.45, 7) is 3.44. The Morgan fingerprint density at radius 2 is 1.61 bits per heavy atom. The molecular formula is C33H41N5O3. The molecule has 2 bridgehead atoms. The lowest BCUT2D eigenvalue weighted by Crippen LogP contribution is -2.52. The van der Waals surface area contributed by atoms with Crippen LogP contribution in [0.25, 0.3) is 0 Å². The van der Waals surface area contributed by atoms with Gasteiger partial charge in [-0.15, -0.1) is 0 Å². The van der Waals surface area contributed by atoms with Crippen LogP contribution >= 0.6 is 0 Å². The summed E-state index contributed by atoms with van der Waals surface area (Å²) in [4.78, 5) is 49.7. The zero-order chi connectivity index (χ0) is 28.3. The number of fused-ring (bicyclic) bond motifs is 5. The van der Waals surface area contributed by atoms with Gasteiger partial charge in [0.2, 0.25) is 12.1 Å². The first kappa shape index (κ1) is 27.5. The largest absolute Gasteiger partial charge is 0.341 e. The van der Waals surface area contributed by atoms with Gasteiger partial charge in [-0.2, -0.15) is 0 Å². The molecule has 2 N–H and O–H groups in total. The van der Waals surface area contributed by atoms with Crippen molar-refractivity contribution in [3.63, 3.8) is 0 Å². The Bertz CT molecular complexity index is 1310. The number of para-hydroxylation sites is 1. The third-order valence-electron chi connectivity index (χ3n) is 9.34. The summed E-state index contributed by atoms with van der Waals surface area (Å²) in [6, 6.07) is 14.8. The number of anilines is 2. The van der Waals surface area contributed by atoms with Crippen LogP contribution in [-0.4, -0.2) is 54.3 Å². The van der Waals surface area contributed by atoms with Gasteiger partial charge in [-0.3, -0.25) is 19.5 Å². The number of benzodiazepines with no additional fused rings is 1. The van der Waals surface area contributed by atoms with Crippen molar-refractivity contribution in [3.05, 3.63) is 59.7 Å². The molecule has 2 aromatic rings. The van der Waals surface area contributed by atoms with E-state index in [4.69, 9.17) is 4.99 Å². The molecule has 2 aliphatic carbocycles. The number of aryl methyl sites for hydroxylation is 1. The second-order valence-electron chi connectivity index (χ2n) is 12.3. The Hall–Kier alpha value is -3.68. The molecule has 4 amide bonds. The highest BCUT2D eigenvalue weighted by molar-refractivity contribution is 6.15. The van der Waals surface area contributed by atoms with Crippen molar-refractivity contribution in [2.24, 2.45) is 22.7 Å². The minimum absolute atomic E-state index is 0.0315. The standard InChI is InChI=1S/C33H41N5O3/c1-22-8-7-11-26(18-22)34-33(41)36-31-32(40)38(21-29(39)37-19-23-14-15-24(20-37)17-16-23)28-13-6-5-12-27(28)30(35-31)25-9-3-2-4-10-25/h5-8,11-13,18,23-25,31H,2-4,9-10,14-17,19-21H2,1H3,(H2,34,36,41)/t23?,24?,31-/m0/s1. The average molecular weight is 556 g/mol. The number of hydrogen-bond acceptors (Lipinski definition) is 4. The molecule has 2 saturated carbocycles. The van der Waals surface area contributed by atoms with E-state index in [9.17, 15) is 14.4 Å². The molecule has 3 heterocycles. The highest BCUT2D eigenvalue weighted by atomic mass is 16.2. The SMILES string of the molecule is Cc1cccc(NC(=O)N[C@@H]2N=C(C3CCCCC3)c3ccccc3N(CC(=O)N3CC4CCC(CC4)C3)C2=O)c1. The molecular weight excluding hydrogens is 514 g/mol. The third-order valence-corrected chi connectivity index (χ3v) is 9.34. The fourth-order valence-electron chi connectivity index (χ4n) is 7.16. The highest BCUT2D eigenvalue weighted by Gasteiger charge is 2.38. The summed E-state index contributed by atoms with van der Waals surface area (Å²) in [5.41, 5.74) is 4.12. The molecule has 8 nitrogen and oxygen atoms in total. The van der Waals surface area contributed by atoms with Crippen LogP contribution in [0.5, 0.6) is 0 Å². The van der Waals surface area contributed by atoms with Crippen molar-refractivity contribution in [2.45, 2.75) is 70.9 Å². The third kappa shape index (κ3) is 6.16. The smallest absolute Gasteiger partial charge is 0.321 e. The second-order valence-corrected chi connectivity index (χ2v) is 12.3. The maximum atomic E-state index is 14.2. The predicted octanol–water partition coefficient (Wildman–Crippen LogP) is 5.51. The first-order valence-corrected chi connectivity index (χ1v) is 15.3. The monoisotopic (exact) mass is 555 g/mol. The summed E-state index contributed by atoms with van der Waals surface area (Å²) in [7, 11) is 0. The normalized spacial score (nSPS) is 24.7. The Labute approximate surface area is 242 Å². The number of amides is 4. The van der Waals surface area contributed by atoms with Gasteiger partial charge in [0.25, 0.3) is 5.91 Å². The number of aliphatic imine (C=N–C) groups is 1. The van der Waals surface area contributed by atoms with Gasteiger partial charge in [-0.05, 0) is 81.0 Å². The number of carbonyl (C=O) groups is 3. The molecule has 0 radical (unpaired) electrons. The Kier molecular flexibility index (Phi) is 8.08. The van der Waals surface area contributed by atoms with Crippen molar-refractivity contribution in [2.75, 3.05) is 29.9 Å². The van der Waals surface area contributed by atoms with E-state index in [2.05, 4.69) is 10.6 Å². The number of rotatable bonds is 5. The quantitative estimate of drug-likeness (QED) is 0.510. The van der Waals surface area contributed by atoms with E-state index in [1.165, 1.54) is 32.1 Å². The lowest BCUT2D eigenvalue weighted by atomic mass is 9.83.